The Balaban J connectivity index is 1.63. The van der Waals surface area contributed by atoms with E-state index in [-0.39, 0.29) is 23.7 Å². The summed E-state index contributed by atoms with van der Waals surface area (Å²) in [6.45, 7) is 9.09. The lowest BCUT2D eigenvalue weighted by atomic mass is 9.41. The molecule has 0 aromatic rings. The fraction of sp³-hybridized carbons (Fsp3) is 0.960. The minimum atomic E-state index is -2.01. The summed E-state index contributed by atoms with van der Waals surface area (Å²) in [6.07, 6.45) is 6.67. The second-order valence-electron chi connectivity index (χ2n) is 11.9. The van der Waals surface area contributed by atoms with Gasteiger partial charge in [-0.15, -0.1) is 0 Å². The van der Waals surface area contributed by atoms with Crippen molar-refractivity contribution in [2.45, 2.75) is 97.4 Å². The third kappa shape index (κ3) is 3.02. The number of hydrogen-bond donors (Lipinski definition) is 4. The predicted octanol–water partition coefficient (Wildman–Crippen LogP) is 4.04. The number of aliphatic carboxylic acids is 1. The van der Waals surface area contributed by atoms with E-state index >= 15 is 0 Å². The Morgan fingerprint density at radius 2 is 1.77 bits per heavy atom. The highest BCUT2D eigenvalue weighted by atomic mass is 16.5. The topological polar surface area (TPSA) is 98.0 Å². The smallest absolute Gasteiger partial charge is 0.303 e. The predicted molar refractivity (Wildman–Crippen MR) is 114 cm³/mol. The number of carboxylic acids is 1. The van der Waals surface area contributed by atoms with E-state index in [9.17, 15) is 20.1 Å². The van der Waals surface area contributed by atoms with Crippen LogP contribution in [0, 0.1) is 52.3 Å². The molecule has 0 radical (unpaired) electrons. The number of hydrogen-bond acceptors (Lipinski definition) is 4. The van der Waals surface area contributed by atoms with Crippen molar-refractivity contribution in [3.63, 3.8) is 0 Å². The fourth-order valence-corrected chi connectivity index (χ4v) is 9.28. The van der Waals surface area contributed by atoms with Gasteiger partial charge in [0.2, 0.25) is 0 Å². The molecule has 1 unspecified atom stereocenters. The van der Waals surface area contributed by atoms with E-state index in [1.165, 1.54) is 0 Å². The summed E-state index contributed by atoms with van der Waals surface area (Å²) in [5, 5.41) is 41.9. The SMILES string of the molecule is C[C@H](CCC(=O)O)[C@H]1CC[C@H]2[C@@H]3[C@@H](C)C[C@@H]4CCC(O)C(O)(O)[C@]4(C)[C@H]3CC[C@]12C. The van der Waals surface area contributed by atoms with Crippen LogP contribution in [0.3, 0.4) is 0 Å². The highest BCUT2D eigenvalue weighted by Crippen LogP contribution is 2.70. The van der Waals surface area contributed by atoms with Gasteiger partial charge in [-0.05, 0) is 98.2 Å². The van der Waals surface area contributed by atoms with Gasteiger partial charge in [0.25, 0.3) is 0 Å². The van der Waals surface area contributed by atoms with Gasteiger partial charge in [-0.2, -0.15) is 0 Å². The van der Waals surface area contributed by atoms with Crippen molar-refractivity contribution >= 4 is 5.97 Å². The standard InChI is InChI=1S/C25H42O5/c1-14(5-10-21(27)28)17-7-8-18-22-15(2)13-16-6-9-20(26)25(29,30)24(16,4)19(22)11-12-23(17,18)3/h14-20,22,26,29-30H,5-13H2,1-4H3,(H,27,28)/t14-,15+,16+,17-,18+,19+,20?,22+,23-,24+/m1/s1. The lowest BCUT2D eigenvalue weighted by Crippen LogP contribution is -2.69. The number of fused-ring (bicyclic) bond motifs is 5. The lowest BCUT2D eigenvalue weighted by molar-refractivity contribution is -0.353. The Labute approximate surface area is 181 Å². The maximum absolute atomic E-state index is 11.1. The zero-order valence-corrected chi connectivity index (χ0v) is 19.2. The van der Waals surface area contributed by atoms with Crippen LogP contribution in [0.5, 0.6) is 0 Å². The van der Waals surface area contributed by atoms with Gasteiger partial charge < -0.3 is 20.4 Å². The summed E-state index contributed by atoms with van der Waals surface area (Å²) < 4.78 is 0. The maximum atomic E-state index is 11.1. The molecule has 0 aromatic heterocycles. The molecule has 0 heterocycles. The highest BCUT2D eigenvalue weighted by Gasteiger charge is 2.68. The Bertz CT molecular complexity index is 676. The van der Waals surface area contributed by atoms with Gasteiger partial charge in [-0.1, -0.05) is 27.7 Å². The van der Waals surface area contributed by atoms with Gasteiger partial charge in [0.15, 0.2) is 5.79 Å². The van der Waals surface area contributed by atoms with Crippen LogP contribution in [-0.2, 0) is 4.79 Å². The Morgan fingerprint density at radius 1 is 1.07 bits per heavy atom. The van der Waals surface area contributed by atoms with Gasteiger partial charge in [-0.3, -0.25) is 4.79 Å². The molecule has 5 heteroatoms. The van der Waals surface area contributed by atoms with E-state index in [4.69, 9.17) is 5.11 Å². The quantitative estimate of drug-likeness (QED) is 0.513. The molecular formula is C25H42O5. The Kier molecular flexibility index (Phi) is 5.60. The van der Waals surface area contributed by atoms with Crippen molar-refractivity contribution in [1.29, 1.82) is 0 Å². The van der Waals surface area contributed by atoms with Crippen LogP contribution in [0.1, 0.15) is 85.5 Å². The first-order chi connectivity index (χ1) is 13.9. The molecule has 4 aliphatic rings. The average Bonchev–Trinajstić information content (AvgIpc) is 3.02. The molecule has 10 atom stereocenters. The summed E-state index contributed by atoms with van der Waals surface area (Å²) in [5.41, 5.74) is -0.451. The summed E-state index contributed by atoms with van der Waals surface area (Å²) >= 11 is 0. The fourth-order valence-electron chi connectivity index (χ4n) is 9.28. The van der Waals surface area contributed by atoms with Gasteiger partial charge >= 0.3 is 5.97 Å². The van der Waals surface area contributed by atoms with E-state index in [0.717, 1.165) is 44.9 Å². The monoisotopic (exact) mass is 422 g/mol. The number of carboxylic acid groups (broad SMARTS) is 1. The molecule has 4 aliphatic carbocycles. The zero-order valence-electron chi connectivity index (χ0n) is 19.2. The van der Waals surface area contributed by atoms with Gasteiger partial charge in [0.05, 0.1) is 0 Å². The molecule has 0 aromatic carbocycles. The van der Waals surface area contributed by atoms with Crippen molar-refractivity contribution in [3.8, 4) is 0 Å². The molecule has 0 bridgehead atoms. The molecule has 172 valence electrons. The van der Waals surface area contributed by atoms with Crippen molar-refractivity contribution < 1.29 is 25.2 Å². The lowest BCUT2D eigenvalue weighted by Gasteiger charge is -2.66. The Morgan fingerprint density at radius 3 is 2.43 bits per heavy atom. The highest BCUT2D eigenvalue weighted by molar-refractivity contribution is 5.66. The van der Waals surface area contributed by atoms with Gasteiger partial charge in [0.1, 0.15) is 6.10 Å². The van der Waals surface area contributed by atoms with Crippen LogP contribution in [0.2, 0.25) is 0 Å². The Hall–Kier alpha value is -0.650. The zero-order chi connectivity index (χ0) is 22.1. The van der Waals surface area contributed by atoms with Crippen molar-refractivity contribution in [3.05, 3.63) is 0 Å². The third-order valence-electron chi connectivity index (χ3n) is 10.9. The summed E-state index contributed by atoms with van der Waals surface area (Å²) in [4.78, 5) is 11.1. The molecule has 4 saturated carbocycles. The van der Waals surface area contributed by atoms with Crippen molar-refractivity contribution in [2.75, 3.05) is 0 Å². The minimum Gasteiger partial charge on any atom is -0.481 e. The first kappa shape index (κ1) is 22.5. The molecule has 30 heavy (non-hydrogen) atoms. The number of carbonyl (C=O) groups is 1. The molecular weight excluding hydrogens is 380 g/mol. The second-order valence-corrected chi connectivity index (χ2v) is 11.9. The van der Waals surface area contributed by atoms with E-state index < -0.39 is 23.3 Å². The summed E-state index contributed by atoms with van der Waals surface area (Å²) in [6, 6.07) is 0. The molecule has 0 saturated heterocycles. The van der Waals surface area contributed by atoms with E-state index in [0.29, 0.717) is 36.0 Å². The molecule has 4 fully saturated rings. The first-order valence-corrected chi connectivity index (χ1v) is 12.3. The normalized spacial score (nSPS) is 50.8. The maximum Gasteiger partial charge on any atom is 0.303 e. The second kappa shape index (κ2) is 7.45. The third-order valence-corrected chi connectivity index (χ3v) is 10.9. The van der Waals surface area contributed by atoms with Gasteiger partial charge in [-0.25, -0.2) is 0 Å². The molecule has 4 N–H and O–H groups in total. The van der Waals surface area contributed by atoms with Crippen LogP contribution in [0.4, 0.5) is 0 Å². The molecule has 0 spiro atoms. The molecule has 0 amide bonds. The first-order valence-electron chi connectivity index (χ1n) is 12.3. The van der Waals surface area contributed by atoms with Crippen LogP contribution in [-0.4, -0.2) is 38.3 Å². The molecule has 0 aliphatic heterocycles. The largest absolute Gasteiger partial charge is 0.481 e. The van der Waals surface area contributed by atoms with Crippen LogP contribution < -0.4 is 0 Å². The van der Waals surface area contributed by atoms with Crippen LogP contribution in [0.25, 0.3) is 0 Å². The molecule has 4 rings (SSSR count). The van der Waals surface area contributed by atoms with E-state index in [1.54, 1.807) is 0 Å². The van der Waals surface area contributed by atoms with Gasteiger partial charge in [0, 0.05) is 11.8 Å². The average molecular weight is 423 g/mol. The van der Waals surface area contributed by atoms with Crippen molar-refractivity contribution in [1.82, 2.24) is 0 Å². The van der Waals surface area contributed by atoms with Crippen molar-refractivity contribution in [2.24, 2.45) is 52.3 Å². The number of aliphatic hydroxyl groups excluding tert-OH is 1. The van der Waals surface area contributed by atoms with Crippen LogP contribution in [0.15, 0.2) is 0 Å². The summed E-state index contributed by atoms with van der Waals surface area (Å²) in [7, 11) is 0. The number of rotatable bonds is 4. The van der Waals surface area contributed by atoms with E-state index in [2.05, 4.69) is 20.8 Å². The van der Waals surface area contributed by atoms with Crippen LogP contribution >= 0.6 is 0 Å². The summed E-state index contributed by atoms with van der Waals surface area (Å²) in [5.74, 6) is 0.263. The molecule has 5 nitrogen and oxygen atoms in total. The number of aliphatic hydroxyl groups is 3. The minimum absolute atomic E-state index is 0.206. The van der Waals surface area contributed by atoms with E-state index in [1.807, 2.05) is 6.92 Å².